The van der Waals surface area contributed by atoms with Crippen molar-refractivity contribution in [3.05, 3.63) is 243 Å². The number of phosphoric ester groups is 1. The Kier molecular flexibility index (Phi) is 70.3. The standard InChI is InChI=1S/C88H136NO8P/c1-6-8-10-12-14-16-18-20-22-24-26-28-30-32-34-36-38-40-41-42-43-44-45-46-47-49-51-53-55-57-59-61-63-65-67-69-71-73-75-77-79-81-88(91)97-86(85-96-98(92,93)95-83-82-89(3,4)5)84-94-87(90)80-78-76-74-72-70-68-66-64-62-60-58-56-54-52-50-48-39-37-35-33-31-29-27-25-23-21-19-17-15-13-11-9-7-2/h8-11,14-17,20-23,26-29,32-35,38-40,42-43,45-46,48-49,51-52,54-55,57-58,60-61,63-64,66,86H,6-7,12-13,18-19,24-25,30-31,36-37,41,44,47,50,53,56,59,62,65,67-85H2,1-5H3/p+1/b10-8-,11-9-,16-14-,17-15-,22-20-,23-21-,28-26-,29-27-,34-32-,35-33-,40-38-,43-42-,46-45-,48-39-,51-49-,54-52-,57-55-,60-58-,63-61-,66-64-. The first-order valence-corrected chi connectivity index (χ1v) is 39.3. The van der Waals surface area contributed by atoms with Crippen molar-refractivity contribution in [1.29, 1.82) is 0 Å². The second-order valence-corrected chi connectivity index (χ2v) is 26.7. The van der Waals surface area contributed by atoms with E-state index < -0.39 is 32.5 Å². The molecule has 2 atom stereocenters. The van der Waals surface area contributed by atoms with Crippen molar-refractivity contribution in [3.63, 3.8) is 0 Å². The van der Waals surface area contributed by atoms with Gasteiger partial charge in [-0.05, 0) is 167 Å². The number of quaternary nitrogens is 1. The van der Waals surface area contributed by atoms with Crippen LogP contribution in [-0.4, -0.2) is 74.9 Å². The molecular formula is C88H137NO8P+. The fraction of sp³-hybridized carbons (Fsp3) is 0.523. The van der Waals surface area contributed by atoms with Crippen LogP contribution in [0.15, 0.2) is 243 Å². The smallest absolute Gasteiger partial charge is 0.462 e. The topological polar surface area (TPSA) is 108 Å². The van der Waals surface area contributed by atoms with Crippen molar-refractivity contribution in [1.82, 2.24) is 0 Å². The molecule has 10 heteroatoms. The van der Waals surface area contributed by atoms with Gasteiger partial charge in [0.25, 0.3) is 0 Å². The fourth-order valence-electron chi connectivity index (χ4n) is 9.19. The Morgan fingerprint density at radius 3 is 0.816 bits per heavy atom. The Hall–Kier alpha value is -6.19. The molecule has 546 valence electrons. The van der Waals surface area contributed by atoms with E-state index in [1.165, 1.54) is 12.8 Å². The molecule has 0 saturated carbocycles. The van der Waals surface area contributed by atoms with Crippen LogP contribution >= 0.6 is 7.82 Å². The van der Waals surface area contributed by atoms with Crippen LogP contribution in [0.3, 0.4) is 0 Å². The van der Waals surface area contributed by atoms with E-state index in [1.54, 1.807) is 0 Å². The Bertz CT molecular complexity index is 2560. The Labute approximate surface area is 600 Å². The number of rotatable bonds is 66. The lowest BCUT2D eigenvalue weighted by Crippen LogP contribution is -2.37. The lowest BCUT2D eigenvalue weighted by Gasteiger charge is -2.24. The molecule has 0 aromatic rings. The summed E-state index contributed by atoms with van der Waals surface area (Å²) in [7, 11) is 1.42. The maximum absolute atomic E-state index is 12.9. The maximum atomic E-state index is 12.9. The van der Waals surface area contributed by atoms with Crippen molar-refractivity contribution in [2.75, 3.05) is 47.5 Å². The molecule has 2 unspecified atom stereocenters. The number of carbonyl (C=O) groups excluding carboxylic acids is 2. The summed E-state index contributed by atoms with van der Waals surface area (Å²) in [5.41, 5.74) is 0. The Morgan fingerprint density at radius 1 is 0.316 bits per heavy atom. The third-order valence-electron chi connectivity index (χ3n) is 14.9. The third-order valence-corrected chi connectivity index (χ3v) is 15.9. The summed E-state index contributed by atoms with van der Waals surface area (Å²) in [4.78, 5) is 35.9. The summed E-state index contributed by atoms with van der Waals surface area (Å²) in [5.74, 6) is -0.852. The minimum absolute atomic E-state index is 0.0120. The van der Waals surface area contributed by atoms with Crippen molar-refractivity contribution in [2.24, 2.45) is 0 Å². The van der Waals surface area contributed by atoms with Gasteiger partial charge in [0.2, 0.25) is 0 Å². The van der Waals surface area contributed by atoms with E-state index in [4.69, 9.17) is 18.5 Å². The molecule has 0 aromatic heterocycles. The van der Waals surface area contributed by atoms with Crippen LogP contribution in [0.4, 0.5) is 0 Å². The number of unbranched alkanes of at least 4 members (excludes halogenated alkanes) is 12. The van der Waals surface area contributed by atoms with Crippen LogP contribution in [0.25, 0.3) is 0 Å². The number of carbonyl (C=O) groups is 2. The highest BCUT2D eigenvalue weighted by Gasteiger charge is 2.27. The number of likely N-dealkylation sites (N-methyl/N-ethyl adjacent to an activating group) is 1. The van der Waals surface area contributed by atoms with Gasteiger partial charge in [-0.1, -0.05) is 308 Å². The summed E-state index contributed by atoms with van der Waals surface area (Å²) in [6.45, 7) is 4.13. The monoisotopic (exact) mass is 1370 g/mol. The maximum Gasteiger partial charge on any atom is 0.472 e. The molecule has 0 radical (unpaired) electrons. The lowest BCUT2D eigenvalue weighted by atomic mass is 10.1. The van der Waals surface area contributed by atoms with E-state index in [2.05, 4.69) is 257 Å². The number of phosphoric acid groups is 1. The minimum Gasteiger partial charge on any atom is -0.462 e. The van der Waals surface area contributed by atoms with Gasteiger partial charge in [0.15, 0.2) is 6.10 Å². The van der Waals surface area contributed by atoms with Crippen LogP contribution in [0.1, 0.15) is 245 Å². The van der Waals surface area contributed by atoms with E-state index in [0.29, 0.717) is 23.9 Å². The molecule has 0 amide bonds. The van der Waals surface area contributed by atoms with E-state index in [0.717, 1.165) is 193 Å². The SMILES string of the molecule is CC/C=C\C/C=C\C/C=C\C/C=C\C/C=C\C/C=C\C/C=C\C/C=C\C/C=C\C/C=C\C/C=C\CCCCCCCCCC(=O)OC(COC(=O)CCCCCCC/C=C\C/C=C\C/C=C\C/C=C\C/C=C\C/C=C\C/C=C\C/C=C\C/C=C\CC)COP(=O)(O)OCC[N+](C)(C)C. The summed E-state index contributed by atoms with van der Waals surface area (Å²) < 4.78 is 34.7. The van der Waals surface area contributed by atoms with Gasteiger partial charge in [-0.2, -0.15) is 0 Å². The van der Waals surface area contributed by atoms with Crippen molar-refractivity contribution in [3.8, 4) is 0 Å². The molecule has 0 rings (SSSR count). The molecule has 0 fully saturated rings. The van der Waals surface area contributed by atoms with E-state index in [-0.39, 0.29) is 26.1 Å². The van der Waals surface area contributed by atoms with Crippen molar-refractivity contribution < 1.29 is 42.1 Å². The van der Waals surface area contributed by atoms with Gasteiger partial charge in [0, 0.05) is 12.8 Å². The van der Waals surface area contributed by atoms with Crippen LogP contribution < -0.4 is 0 Å². The van der Waals surface area contributed by atoms with Crippen molar-refractivity contribution in [2.45, 2.75) is 251 Å². The molecular weight excluding hydrogens is 1230 g/mol. The molecule has 9 nitrogen and oxygen atoms in total. The van der Waals surface area contributed by atoms with Crippen LogP contribution in [0.5, 0.6) is 0 Å². The van der Waals surface area contributed by atoms with Crippen LogP contribution in [-0.2, 0) is 32.7 Å². The zero-order valence-electron chi connectivity index (χ0n) is 62.2. The average Bonchev–Trinajstić information content (AvgIpc) is 1.08. The van der Waals surface area contributed by atoms with E-state index >= 15 is 0 Å². The number of esters is 2. The highest BCUT2D eigenvalue weighted by Crippen LogP contribution is 2.43. The average molecular weight is 1370 g/mol. The minimum atomic E-state index is -4.42. The lowest BCUT2D eigenvalue weighted by molar-refractivity contribution is -0.870. The molecule has 0 heterocycles. The number of nitrogens with zero attached hydrogens (tertiary/aromatic N) is 1. The summed E-state index contributed by atoms with van der Waals surface area (Å²) in [6, 6.07) is 0. The summed E-state index contributed by atoms with van der Waals surface area (Å²) >= 11 is 0. The molecule has 0 bridgehead atoms. The summed E-state index contributed by atoms with van der Waals surface area (Å²) in [5, 5.41) is 0. The summed E-state index contributed by atoms with van der Waals surface area (Å²) in [6.07, 6.45) is 123. The molecule has 0 aliphatic carbocycles. The largest absolute Gasteiger partial charge is 0.472 e. The van der Waals surface area contributed by atoms with Gasteiger partial charge in [-0.25, -0.2) is 4.57 Å². The van der Waals surface area contributed by atoms with E-state index in [9.17, 15) is 19.0 Å². The molecule has 1 N–H and O–H groups in total. The molecule has 98 heavy (non-hydrogen) atoms. The predicted molar refractivity (Wildman–Crippen MR) is 426 cm³/mol. The van der Waals surface area contributed by atoms with Gasteiger partial charge in [0.05, 0.1) is 27.7 Å². The molecule has 0 saturated heterocycles. The Balaban J connectivity index is 4.20. The number of allylic oxidation sites excluding steroid dienone is 40. The second-order valence-electron chi connectivity index (χ2n) is 25.2. The number of hydrogen-bond acceptors (Lipinski definition) is 7. The van der Waals surface area contributed by atoms with Crippen LogP contribution in [0.2, 0.25) is 0 Å². The quantitative estimate of drug-likeness (QED) is 0.0211. The fourth-order valence-corrected chi connectivity index (χ4v) is 9.93. The Morgan fingerprint density at radius 2 is 0.551 bits per heavy atom. The normalized spacial score (nSPS) is 14.5. The molecule has 0 aromatic carbocycles. The first-order chi connectivity index (χ1) is 48.0. The van der Waals surface area contributed by atoms with Gasteiger partial charge in [-0.3, -0.25) is 18.6 Å². The molecule has 0 aliphatic heterocycles. The predicted octanol–water partition coefficient (Wildman–Crippen LogP) is 25.5. The van der Waals surface area contributed by atoms with Gasteiger partial charge in [-0.15, -0.1) is 0 Å². The van der Waals surface area contributed by atoms with Gasteiger partial charge >= 0.3 is 19.8 Å². The van der Waals surface area contributed by atoms with Gasteiger partial charge in [0.1, 0.15) is 19.8 Å². The zero-order chi connectivity index (χ0) is 71.1. The number of hydrogen-bond donors (Lipinski definition) is 1. The first kappa shape index (κ1) is 91.8. The third kappa shape index (κ3) is 78.8. The van der Waals surface area contributed by atoms with Gasteiger partial charge < -0.3 is 18.9 Å². The van der Waals surface area contributed by atoms with E-state index in [1.807, 2.05) is 21.1 Å². The van der Waals surface area contributed by atoms with Crippen LogP contribution in [0, 0.1) is 0 Å². The highest BCUT2D eigenvalue weighted by atomic mass is 31.2. The number of ether oxygens (including phenoxy) is 2. The zero-order valence-corrected chi connectivity index (χ0v) is 63.0. The van der Waals surface area contributed by atoms with Crippen molar-refractivity contribution >= 4 is 19.8 Å². The second kappa shape index (κ2) is 75.0. The first-order valence-electron chi connectivity index (χ1n) is 37.8. The molecule has 0 spiro atoms. The molecule has 0 aliphatic rings. The highest BCUT2D eigenvalue weighted by molar-refractivity contribution is 7.47.